The van der Waals surface area contributed by atoms with Gasteiger partial charge < -0.3 is 14.8 Å². The minimum Gasteiger partial charge on any atom is -0.338 e. The number of fused-ring (bicyclic) bond motifs is 2. The van der Waals surface area contributed by atoms with Crippen LogP contribution in [0.3, 0.4) is 0 Å². The first kappa shape index (κ1) is 11.2. The van der Waals surface area contributed by atoms with Crippen LogP contribution >= 0.6 is 15.9 Å². The van der Waals surface area contributed by atoms with Crippen LogP contribution in [-0.4, -0.2) is 18.6 Å². The van der Waals surface area contributed by atoms with Crippen molar-refractivity contribution in [1.82, 2.24) is 0 Å². The number of anilines is 1. The molecule has 4 nitrogen and oxygen atoms in total. The van der Waals surface area contributed by atoms with Crippen LogP contribution in [0, 0.1) is 0 Å². The molecule has 0 bridgehead atoms. The third-order valence-corrected chi connectivity index (χ3v) is 3.57. The fourth-order valence-corrected chi connectivity index (χ4v) is 2.59. The van der Waals surface area contributed by atoms with Crippen LogP contribution < -0.4 is 5.32 Å². The van der Waals surface area contributed by atoms with E-state index in [4.69, 9.17) is 9.47 Å². The predicted molar refractivity (Wildman–Crippen MR) is 65.6 cm³/mol. The maximum absolute atomic E-state index is 12.1. The van der Waals surface area contributed by atoms with Crippen molar-refractivity contribution in [2.75, 3.05) is 11.9 Å². The van der Waals surface area contributed by atoms with Gasteiger partial charge in [0.2, 0.25) is 0 Å². The number of hydrogen-bond acceptors (Lipinski definition) is 3. The van der Waals surface area contributed by atoms with E-state index in [-0.39, 0.29) is 12.0 Å². The van der Waals surface area contributed by atoms with E-state index in [1.807, 2.05) is 25.1 Å². The average Bonchev–Trinajstić information content (AvgIpc) is 2.53. The summed E-state index contributed by atoms with van der Waals surface area (Å²) in [6, 6.07) is 5.59. The lowest BCUT2D eigenvalue weighted by atomic mass is 10.1. The summed E-state index contributed by atoms with van der Waals surface area (Å²) in [4.78, 5) is 12.1. The Morgan fingerprint density at radius 1 is 1.53 bits per heavy atom. The number of halogens is 1. The van der Waals surface area contributed by atoms with E-state index < -0.39 is 5.79 Å². The first-order chi connectivity index (χ1) is 8.12. The number of amides is 1. The third-order valence-electron chi connectivity index (χ3n) is 3.08. The Balaban J connectivity index is 2.11. The van der Waals surface area contributed by atoms with E-state index in [2.05, 4.69) is 21.2 Å². The molecule has 5 heteroatoms. The highest BCUT2D eigenvalue weighted by molar-refractivity contribution is 9.10. The third kappa shape index (κ3) is 1.61. The maximum atomic E-state index is 12.1. The smallest absolute Gasteiger partial charge is 0.289 e. The van der Waals surface area contributed by atoms with Crippen LogP contribution in [0.5, 0.6) is 0 Å². The number of ether oxygens (including phenoxy) is 2. The highest BCUT2D eigenvalue weighted by atomic mass is 79.9. The lowest BCUT2D eigenvalue weighted by molar-refractivity contribution is -0.276. The predicted octanol–water partition coefficient (Wildman–Crippen LogP) is 2.38. The minimum absolute atomic E-state index is 0.0134. The fraction of sp³-hybridized carbons (Fsp3) is 0.417. The summed E-state index contributed by atoms with van der Waals surface area (Å²) in [5.74, 6) is -1.49. The van der Waals surface area contributed by atoms with Gasteiger partial charge in [-0.1, -0.05) is 15.9 Å². The van der Waals surface area contributed by atoms with Crippen molar-refractivity contribution < 1.29 is 14.3 Å². The van der Waals surface area contributed by atoms with Gasteiger partial charge in [0.05, 0.1) is 18.4 Å². The van der Waals surface area contributed by atoms with E-state index in [1.54, 1.807) is 0 Å². The quantitative estimate of drug-likeness (QED) is 0.800. The molecule has 1 amide bonds. The van der Waals surface area contributed by atoms with Crippen molar-refractivity contribution in [2.45, 2.75) is 25.2 Å². The largest absolute Gasteiger partial charge is 0.338 e. The van der Waals surface area contributed by atoms with Gasteiger partial charge in [-0.15, -0.1) is 0 Å². The Labute approximate surface area is 107 Å². The monoisotopic (exact) mass is 297 g/mol. The number of carbonyl (C=O) groups excluding carboxylic acids is 1. The summed E-state index contributed by atoms with van der Waals surface area (Å²) < 4.78 is 12.3. The molecule has 0 radical (unpaired) electrons. The Kier molecular flexibility index (Phi) is 2.50. The highest BCUT2D eigenvalue weighted by Gasteiger charge is 2.52. The van der Waals surface area contributed by atoms with Crippen LogP contribution in [0.2, 0.25) is 0 Å². The second kappa shape index (κ2) is 3.80. The lowest BCUT2D eigenvalue weighted by Gasteiger charge is -2.35. The molecule has 1 spiro atoms. The van der Waals surface area contributed by atoms with Crippen molar-refractivity contribution in [3.8, 4) is 0 Å². The van der Waals surface area contributed by atoms with Crippen molar-refractivity contribution >= 4 is 27.5 Å². The average molecular weight is 298 g/mol. The van der Waals surface area contributed by atoms with Gasteiger partial charge in [-0.2, -0.15) is 0 Å². The van der Waals surface area contributed by atoms with Gasteiger partial charge >= 0.3 is 0 Å². The second-order valence-electron chi connectivity index (χ2n) is 4.33. The van der Waals surface area contributed by atoms with Gasteiger partial charge in [0, 0.05) is 10.0 Å². The molecular weight excluding hydrogens is 286 g/mol. The summed E-state index contributed by atoms with van der Waals surface area (Å²) in [6.45, 7) is 2.48. The zero-order valence-electron chi connectivity index (χ0n) is 9.33. The summed E-state index contributed by atoms with van der Waals surface area (Å²) in [7, 11) is 0. The molecule has 0 aliphatic carbocycles. The van der Waals surface area contributed by atoms with E-state index in [0.717, 1.165) is 22.1 Å². The van der Waals surface area contributed by atoms with E-state index in [9.17, 15) is 4.79 Å². The SMILES string of the molecule is C[C@@H]1CCO[C@@]2(O1)C(=O)Nc1ccc(Br)cc12. The molecule has 1 fully saturated rings. The van der Waals surface area contributed by atoms with Crippen LogP contribution in [0.25, 0.3) is 0 Å². The second-order valence-corrected chi connectivity index (χ2v) is 5.24. The van der Waals surface area contributed by atoms with Crippen LogP contribution in [0.4, 0.5) is 5.69 Å². The molecule has 0 saturated carbocycles. The molecule has 17 heavy (non-hydrogen) atoms. The van der Waals surface area contributed by atoms with Crippen molar-refractivity contribution in [2.24, 2.45) is 0 Å². The Hall–Kier alpha value is -0.910. The molecule has 1 saturated heterocycles. The van der Waals surface area contributed by atoms with Gasteiger partial charge in [-0.25, -0.2) is 0 Å². The number of benzene rings is 1. The molecule has 2 heterocycles. The fourth-order valence-electron chi connectivity index (χ4n) is 2.23. The molecule has 2 aliphatic rings. The molecule has 1 aromatic carbocycles. The number of hydrogen-bond donors (Lipinski definition) is 1. The molecular formula is C12H12BrNO3. The normalized spacial score (nSPS) is 31.4. The first-order valence-electron chi connectivity index (χ1n) is 5.55. The molecule has 1 N–H and O–H groups in total. The van der Waals surface area contributed by atoms with Crippen molar-refractivity contribution in [3.05, 3.63) is 28.2 Å². The highest BCUT2D eigenvalue weighted by Crippen LogP contribution is 2.43. The summed E-state index contributed by atoms with van der Waals surface area (Å²) in [6.07, 6.45) is 0.817. The van der Waals surface area contributed by atoms with Gasteiger partial charge in [-0.05, 0) is 31.5 Å². The zero-order valence-corrected chi connectivity index (χ0v) is 10.9. The summed E-state index contributed by atoms with van der Waals surface area (Å²) in [5, 5.41) is 2.80. The maximum Gasteiger partial charge on any atom is 0.289 e. The van der Waals surface area contributed by atoms with E-state index in [0.29, 0.717) is 6.61 Å². The standard InChI is InChI=1S/C12H12BrNO3/c1-7-4-5-16-12(17-7)9-6-8(13)2-3-10(9)14-11(12)15/h2-3,6-7H,4-5H2,1H3,(H,14,15)/t7-,12+/m1/s1. The van der Waals surface area contributed by atoms with E-state index >= 15 is 0 Å². The molecule has 1 aromatic rings. The van der Waals surface area contributed by atoms with Gasteiger partial charge in [-0.3, -0.25) is 4.79 Å². The lowest BCUT2D eigenvalue weighted by Crippen LogP contribution is -2.46. The van der Waals surface area contributed by atoms with Gasteiger partial charge in [0.1, 0.15) is 0 Å². The first-order valence-corrected chi connectivity index (χ1v) is 6.34. The Morgan fingerprint density at radius 3 is 3.12 bits per heavy atom. The molecule has 0 aromatic heterocycles. The molecule has 2 aliphatic heterocycles. The summed E-state index contributed by atoms with van der Waals surface area (Å²) >= 11 is 3.40. The number of carbonyl (C=O) groups is 1. The van der Waals surface area contributed by atoms with Crippen LogP contribution in [0.1, 0.15) is 18.9 Å². The van der Waals surface area contributed by atoms with Gasteiger partial charge in [0.25, 0.3) is 11.7 Å². The van der Waals surface area contributed by atoms with Crippen LogP contribution in [0.15, 0.2) is 22.7 Å². The van der Waals surface area contributed by atoms with Gasteiger partial charge in [0.15, 0.2) is 0 Å². The van der Waals surface area contributed by atoms with Crippen molar-refractivity contribution in [1.29, 1.82) is 0 Å². The Morgan fingerprint density at radius 2 is 2.35 bits per heavy atom. The van der Waals surface area contributed by atoms with Crippen LogP contribution in [-0.2, 0) is 20.1 Å². The molecule has 90 valence electrons. The van der Waals surface area contributed by atoms with Crippen molar-refractivity contribution in [3.63, 3.8) is 0 Å². The molecule has 0 unspecified atom stereocenters. The van der Waals surface area contributed by atoms with E-state index in [1.165, 1.54) is 0 Å². The topological polar surface area (TPSA) is 47.6 Å². The summed E-state index contributed by atoms with van der Waals surface area (Å²) in [5.41, 5.74) is 1.51. The number of nitrogens with one attached hydrogen (secondary N) is 1. The molecule has 3 rings (SSSR count). The zero-order chi connectivity index (χ0) is 12.0. The number of rotatable bonds is 0. The minimum atomic E-state index is -1.25. The Bertz CT molecular complexity index is 491. The molecule has 2 atom stereocenters.